The molecule has 3 aromatic rings. The molecule has 0 aliphatic heterocycles. The molecule has 0 bridgehead atoms. The summed E-state index contributed by atoms with van der Waals surface area (Å²) in [6.45, 7) is 5.93. The Balaban J connectivity index is 1.94. The summed E-state index contributed by atoms with van der Waals surface area (Å²) in [5.41, 5.74) is 0.828. The van der Waals surface area contributed by atoms with Gasteiger partial charge in [-0.15, -0.1) is 0 Å². The normalized spacial score (nSPS) is 13.9. The van der Waals surface area contributed by atoms with Crippen molar-refractivity contribution >= 4 is 56.2 Å². The van der Waals surface area contributed by atoms with Gasteiger partial charge in [-0.05, 0) is 34.1 Å². The summed E-state index contributed by atoms with van der Waals surface area (Å²) in [6, 6.07) is 1.08. The molecule has 11 heteroatoms. The largest absolute Gasteiger partial charge is 0.481 e. The molecule has 1 unspecified atom stereocenters. The number of aliphatic carboxylic acids is 1. The predicted octanol–water partition coefficient (Wildman–Crippen LogP) is 3.42. The van der Waals surface area contributed by atoms with Crippen LogP contribution in [0.25, 0.3) is 22.4 Å². The number of fused-ring (bicyclic) bond motifs is 1. The topological polar surface area (TPSA) is 121 Å². The third-order valence-electron chi connectivity index (χ3n) is 4.48. The number of halogens is 2. The summed E-state index contributed by atoms with van der Waals surface area (Å²) in [7, 11) is -1.53. The average molecular weight is 545 g/mol. The molecule has 2 atom stereocenters. The zero-order chi connectivity index (χ0) is 22.1. The van der Waals surface area contributed by atoms with E-state index in [0.717, 1.165) is 9.77 Å². The van der Waals surface area contributed by atoms with Crippen LogP contribution in [0.2, 0.25) is 0 Å². The van der Waals surface area contributed by atoms with Crippen LogP contribution in [-0.4, -0.2) is 52.8 Å². The quantitative estimate of drug-likeness (QED) is 0.389. The molecule has 0 spiro atoms. The van der Waals surface area contributed by atoms with Crippen LogP contribution in [0.3, 0.4) is 0 Å². The van der Waals surface area contributed by atoms with E-state index in [2.05, 4.69) is 47.8 Å². The monoisotopic (exact) mass is 545 g/mol. The van der Waals surface area contributed by atoms with Crippen molar-refractivity contribution in [1.29, 1.82) is 0 Å². The van der Waals surface area contributed by atoms with Gasteiger partial charge in [-0.1, -0.05) is 20.8 Å². The van der Waals surface area contributed by atoms with Crippen molar-refractivity contribution in [2.24, 2.45) is 5.41 Å². The fourth-order valence-corrected chi connectivity index (χ4v) is 4.58. The minimum Gasteiger partial charge on any atom is -0.481 e. The number of hydrogen-bond donors (Lipinski definition) is 3. The van der Waals surface area contributed by atoms with E-state index in [-0.39, 0.29) is 17.2 Å². The first-order valence-corrected chi connectivity index (χ1v) is 11.6. The molecule has 3 aromatic heterocycles. The standard InChI is InChI=1S/C19H21FIN5O3S/c1-19(2,3)14(8-30(29)9-15(27)28)25-18-13(21)7-24-17(26-18)12-6-23-16-11(12)4-10(20)5-22-16/h4-7,14H,8-9H2,1-3H3,(H,22,23)(H,27,28)(H,24,25,26)/t14-,30?/m1/s1. The van der Waals surface area contributed by atoms with Gasteiger partial charge in [0.2, 0.25) is 0 Å². The SMILES string of the molecule is CC(C)(C)[C@@H](CS(=O)CC(=O)O)Nc1nc(-c2c[nH]c3ncc(F)cc23)ncc1I. The maximum absolute atomic E-state index is 13.7. The van der Waals surface area contributed by atoms with E-state index in [0.29, 0.717) is 28.2 Å². The van der Waals surface area contributed by atoms with E-state index in [1.165, 1.54) is 6.07 Å². The average Bonchev–Trinajstić information content (AvgIpc) is 3.04. The molecule has 0 saturated heterocycles. The molecule has 0 saturated carbocycles. The number of aromatic nitrogens is 4. The van der Waals surface area contributed by atoms with Gasteiger partial charge in [0.05, 0.1) is 9.77 Å². The molecular weight excluding hydrogens is 524 g/mol. The van der Waals surface area contributed by atoms with Crippen molar-refractivity contribution in [2.75, 3.05) is 16.8 Å². The Bertz CT molecular complexity index is 1120. The van der Waals surface area contributed by atoms with Gasteiger partial charge in [-0.25, -0.2) is 19.3 Å². The Labute approximate surface area is 188 Å². The van der Waals surface area contributed by atoms with Crippen LogP contribution in [0.4, 0.5) is 10.2 Å². The fourth-order valence-electron chi connectivity index (χ4n) is 2.82. The van der Waals surface area contributed by atoms with E-state index in [9.17, 15) is 13.4 Å². The number of carboxylic acid groups (broad SMARTS) is 1. The van der Waals surface area contributed by atoms with Gasteiger partial charge in [-0.2, -0.15) is 0 Å². The lowest BCUT2D eigenvalue weighted by Gasteiger charge is -2.32. The lowest BCUT2D eigenvalue weighted by atomic mass is 9.88. The van der Waals surface area contributed by atoms with E-state index in [1.807, 2.05) is 20.8 Å². The zero-order valence-electron chi connectivity index (χ0n) is 16.6. The zero-order valence-corrected chi connectivity index (χ0v) is 19.5. The third-order valence-corrected chi connectivity index (χ3v) is 6.54. The first kappa shape index (κ1) is 22.5. The summed E-state index contributed by atoms with van der Waals surface area (Å²) in [4.78, 5) is 26.9. The molecule has 0 radical (unpaired) electrons. The van der Waals surface area contributed by atoms with Gasteiger partial charge in [0.25, 0.3) is 0 Å². The van der Waals surface area contributed by atoms with E-state index in [4.69, 9.17) is 5.11 Å². The van der Waals surface area contributed by atoms with Crippen molar-refractivity contribution in [3.8, 4) is 11.4 Å². The van der Waals surface area contributed by atoms with Gasteiger partial charge in [0.15, 0.2) is 5.82 Å². The van der Waals surface area contributed by atoms with Gasteiger partial charge in [0, 0.05) is 45.9 Å². The second-order valence-electron chi connectivity index (χ2n) is 7.85. The lowest BCUT2D eigenvalue weighted by molar-refractivity contribution is -0.133. The number of carbonyl (C=O) groups is 1. The number of H-pyrrole nitrogens is 1. The number of pyridine rings is 1. The van der Waals surface area contributed by atoms with Gasteiger partial charge < -0.3 is 15.4 Å². The summed E-state index contributed by atoms with van der Waals surface area (Å²) < 4.78 is 26.6. The molecule has 0 aromatic carbocycles. The second-order valence-corrected chi connectivity index (χ2v) is 10.5. The van der Waals surface area contributed by atoms with Gasteiger partial charge >= 0.3 is 5.97 Å². The van der Waals surface area contributed by atoms with Crippen molar-refractivity contribution in [2.45, 2.75) is 26.8 Å². The second kappa shape index (κ2) is 8.92. The Morgan fingerprint density at radius 1 is 1.37 bits per heavy atom. The molecule has 0 fully saturated rings. The Morgan fingerprint density at radius 2 is 2.10 bits per heavy atom. The number of nitrogens with one attached hydrogen (secondary N) is 2. The van der Waals surface area contributed by atoms with Gasteiger partial charge in [0.1, 0.15) is 23.0 Å². The number of aromatic amines is 1. The molecule has 8 nitrogen and oxygen atoms in total. The molecule has 0 aliphatic carbocycles. The molecule has 0 amide bonds. The molecule has 3 rings (SSSR count). The molecule has 0 aliphatic rings. The molecule has 3 heterocycles. The highest BCUT2D eigenvalue weighted by Gasteiger charge is 2.28. The summed E-state index contributed by atoms with van der Waals surface area (Å²) in [5.74, 6) is -0.884. The number of nitrogens with zero attached hydrogens (tertiary/aromatic N) is 3. The Kier molecular flexibility index (Phi) is 6.70. The fraction of sp³-hybridized carbons (Fsp3) is 0.368. The number of hydrogen-bond acceptors (Lipinski definition) is 6. The summed E-state index contributed by atoms with van der Waals surface area (Å²) >= 11 is 2.10. The Morgan fingerprint density at radius 3 is 2.77 bits per heavy atom. The van der Waals surface area contributed by atoms with Crippen LogP contribution in [0, 0.1) is 14.8 Å². The third kappa shape index (κ3) is 5.31. The first-order chi connectivity index (χ1) is 14.0. The Hall–Kier alpha value is -2.15. The lowest BCUT2D eigenvalue weighted by Crippen LogP contribution is -2.40. The van der Waals surface area contributed by atoms with Crippen molar-refractivity contribution < 1.29 is 18.5 Å². The van der Waals surface area contributed by atoms with Crippen LogP contribution in [0.15, 0.2) is 24.7 Å². The van der Waals surface area contributed by atoms with Crippen LogP contribution >= 0.6 is 22.6 Å². The van der Waals surface area contributed by atoms with Crippen LogP contribution in [-0.2, 0) is 15.6 Å². The minimum atomic E-state index is -1.53. The molecular formula is C19H21FIN5O3S. The number of rotatable bonds is 7. The highest BCUT2D eigenvalue weighted by atomic mass is 127. The van der Waals surface area contributed by atoms with Crippen molar-refractivity contribution in [3.05, 3.63) is 34.0 Å². The van der Waals surface area contributed by atoms with Crippen molar-refractivity contribution in [1.82, 2.24) is 19.9 Å². The molecule has 30 heavy (non-hydrogen) atoms. The maximum atomic E-state index is 13.7. The van der Waals surface area contributed by atoms with E-state index < -0.39 is 28.3 Å². The van der Waals surface area contributed by atoms with Crippen LogP contribution in [0.1, 0.15) is 20.8 Å². The molecule has 160 valence electrons. The summed E-state index contributed by atoms with van der Waals surface area (Å²) in [5, 5.41) is 12.8. The smallest absolute Gasteiger partial charge is 0.316 e. The molecule has 3 N–H and O–H groups in total. The van der Waals surface area contributed by atoms with Gasteiger partial charge in [-0.3, -0.25) is 9.00 Å². The highest BCUT2D eigenvalue weighted by Crippen LogP contribution is 2.29. The number of anilines is 1. The number of carboxylic acids is 1. The van der Waals surface area contributed by atoms with Crippen molar-refractivity contribution in [3.63, 3.8) is 0 Å². The first-order valence-electron chi connectivity index (χ1n) is 9.03. The maximum Gasteiger partial charge on any atom is 0.316 e. The van der Waals surface area contributed by atoms with E-state index in [1.54, 1.807) is 12.4 Å². The highest BCUT2D eigenvalue weighted by molar-refractivity contribution is 14.1. The summed E-state index contributed by atoms with van der Waals surface area (Å²) in [6.07, 6.45) is 4.45. The minimum absolute atomic E-state index is 0.160. The van der Waals surface area contributed by atoms with Crippen LogP contribution in [0.5, 0.6) is 0 Å². The predicted molar refractivity (Wildman–Crippen MR) is 122 cm³/mol. The van der Waals surface area contributed by atoms with Crippen LogP contribution < -0.4 is 5.32 Å². The van der Waals surface area contributed by atoms with E-state index >= 15 is 0 Å².